The van der Waals surface area contributed by atoms with Gasteiger partial charge in [0.05, 0.1) is 6.10 Å². The van der Waals surface area contributed by atoms with Crippen LogP contribution in [0.5, 0.6) is 0 Å². The lowest BCUT2D eigenvalue weighted by Crippen LogP contribution is -2.25. The summed E-state index contributed by atoms with van der Waals surface area (Å²) in [6.07, 6.45) is 3.86. The van der Waals surface area contributed by atoms with Gasteiger partial charge in [-0.05, 0) is 30.5 Å². The Hall–Kier alpha value is -2.18. The molecule has 1 atom stereocenters. The summed E-state index contributed by atoms with van der Waals surface area (Å²) in [5, 5.41) is 6.56. The molecule has 24 heavy (non-hydrogen) atoms. The van der Waals surface area contributed by atoms with E-state index in [-0.39, 0.29) is 12.0 Å². The fourth-order valence-electron chi connectivity index (χ4n) is 2.49. The molecule has 1 aliphatic rings. The third kappa shape index (κ3) is 4.43. The first-order valence-corrected chi connectivity index (χ1v) is 8.30. The van der Waals surface area contributed by atoms with Gasteiger partial charge < -0.3 is 15.4 Å². The van der Waals surface area contributed by atoms with Crippen molar-refractivity contribution in [1.29, 1.82) is 0 Å². The Morgan fingerprint density at radius 1 is 1.33 bits per heavy atom. The minimum Gasteiger partial charge on any atom is -0.376 e. The predicted octanol–water partition coefficient (Wildman–Crippen LogP) is 2.65. The number of halogens is 1. The highest BCUT2D eigenvalue weighted by molar-refractivity contribution is 6.31. The Bertz CT molecular complexity index is 704. The maximum atomic E-state index is 12.2. The number of nitrogens with zero attached hydrogens (tertiary/aromatic N) is 2. The second-order valence-corrected chi connectivity index (χ2v) is 5.96. The Morgan fingerprint density at radius 2 is 2.21 bits per heavy atom. The maximum Gasteiger partial charge on any atom is 0.270 e. The summed E-state index contributed by atoms with van der Waals surface area (Å²) < 4.78 is 5.54. The molecule has 1 amide bonds. The highest BCUT2D eigenvalue weighted by atomic mass is 35.5. The lowest BCUT2D eigenvalue weighted by molar-refractivity contribution is 0.0946. The van der Waals surface area contributed by atoms with Crippen LogP contribution in [0.4, 0.5) is 5.95 Å². The van der Waals surface area contributed by atoms with Crippen LogP contribution in [0, 0.1) is 0 Å². The van der Waals surface area contributed by atoms with Crippen LogP contribution in [-0.2, 0) is 11.3 Å². The number of nitrogens with one attached hydrogen (secondary N) is 2. The van der Waals surface area contributed by atoms with Gasteiger partial charge in [-0.15, -0.1) is 0 Å². The van der Waals surface area contributed by atoms with Crippen molar-refractivity contribution >= 4 is 23.5 Å². The smallest absolute Gasteiger partial charge is 0.270 e. The number of anilines is 1. The maximum absolute atomic E-state index is 12.2. The molecule has 1 fully saturated rings. The average molecular weight is 347 g/mol. The molecule has 2 N–H and O–H groups in total. The number of carbonyl (C=O) groups excluding carboxylic acids is 1. The first kappa shape index (κ1) is 16.7. The number of aromatic nitrogens is 2. The van der Waals surface area contributed by atoms with E-state index < -0.39 is 0 Å². The standard InChI is InChI=1S/C17H19ClN4O2/c18-14-6-2-1-4-12(14)10-20-16(23)15-7-8-19-17(22-15)21-11-13-5-3-9-24-13/h1-2,4,6-8,13H,3,5,9-11H2,(H,20,23)(H,19,21,22). The van der Waals surface area contributed by atoms with Gasteiger partial charge in [0.1, 0.15) is 5.69 Å². The predicted molar refractivity (Wildman–Crippen MR) is 92.1 cm³/mol. The number of hydrogen-bond donors (Lipinski definition) is 2. The fourth-order valence-corrected chi connectivity index (χ4v) is 2.69. The van der Waals surface area contributed by atoms with Crippen LogP contribution < -0.4 is 10.6 Å². The highest BCUT2D eigenvalue weighted by Crippen LogP contribution is 2.15. The minimum absolute atomic E-state index is 0.186. The number of ether oxygens (including phenoxy) is 1. The number of carbonyl (C=O) groups is 1. The van der Waals surface area contributed by atoms with Crippen LogP contribution in [0.15, 0.2) is 36.5 Å². The second-order valence-electron chi connectivity index (χ2n) is 5.56. The lowest BCUT2D eigenvalue weighted by atomic mass is 10.2. The van der Waals surface area contributed by atoms with Crippen LogP contribution >= 0.6 is 11.6 Å². The quantitative estimate of drug-likeness (QED) is 0.841. The van der Waals surface area contributed by atoms with Crippen LogP contribution in [-0.4, -0.2) is 35.1 Å². The van der Waals surface area contributed by atoms with Gasteiger partial charge in [0.25, 0.3) is 5.91 Å². The topological polar surface area (TPSA) is 76.1 Å². The van der Waals surface area contributed by atoms with Crippen molar-refractivity contribution in [3.05, 3.63) is 52.8 Å². The van der Waals surface area contributed by atoms with Gasteiger partial charge in [-0.2, -0.15) is 0 Å². The number of hydrogen-bond acceptors (Lipinski definition) is 5. The monoisotopic (exact) mass is 346 g/mol. The molecule has 1 unspecified atom stereocenters. The van der Waals surface area contributed by atoms with Gasteiger partial charge in [0.15, 0.2) is 0 Å². The largest absolute Gasteiger partial charge is 0.376 e. The van der Waals surface area contributed by atoms with E-state index in [1.165, 1.54) is 0 Å². The Labute approximate surface area is 145 Å². The SMILES string of the molecule is O=C(NCc1ccccc1Cl)c1ccnc(NCC2CCCO2)n1. The molecule has 2 aromatic rings. The van der Waals surface area contributed by atoms with Crippen molar-refractivity contribution < 1.29 is 9.53 Å². The van der Waals surface area contributed by atoms with Crippen molar-refractivity contribution in [3.8, 4) is 0 Å². The zero-order valence-electron chi connectivity index (χ0n) is 13.2. The summed E-state index contributed by atoms with van der Waals surface area (Å²) in [5.74, 6) is 0.161. The Balaban J connectivity index is 1.56. The average Bonchev–Trinajstić information content (AvgIpc) is 3.13. The molecular formula is C17H19ClN4O2. The van der Waals surface area contributed by atoms with Gasteiger partial charge in [0.2, 0.25) is 5.95 Å². The second kappa shape index (κ2) is 8.08. The molecule has 3 rings (SSSR count). The van der Waals surface area contributed by atoms with Crippen LogP contribution in [0.3, 0.4) is 0 Å². The summed E-state index contributed by atoms with van der Waals surface area (Å²) in [5.41, 5.74) is 1.17. The van der Waals surface area contributed by atoms with E-state index in [2.05, 4.69) is 20.6 Å². The molecule has 0 radical (unpaired) electrons. The van der Waals surface area contributed by atoms with E-state index in [0.29, 0.717) is 29.8 Å². The summed E-state index contributed by atoms with van der Waals surface area (Å²) >= 11 is 6.08. The van der Waals surface area contributed by atoms with E-state index in [1.54, 1.807) is 18.3 Å². The van der Waals surface area contributed by atoms with Crippen LogP contribution in [0.25, 0.3) is 0 Å². The molecule has 7 heteroatoms. The molecule has 126 valence electrons. The molecule has 1 aromatic carbocycles. The first-order chi connectivity index (χ1) is 11.7. The van der Waals surface area contributed by atoms with E-state index in [9.17, 15) is 4.79 Å². The van der Waals surface area contributed by atoms with Gasteiger partial charge in [-0.1, -0.05) is 29.8 Å². The van der Waals surface area contributed by atoms with Gasteiger partial charge in [-0.3, -0.25) is 4.79 Å². The summed E-state index contributed by atoms with van der Waals surface area (Å²) in [7, 11) is 0. The van der Waals surface area contributed by atoms with Gasteiger partial charge in [-0.25, -0.2) is 9.97 Å². The third-order valence-corrected chi connectivity index (χ3v) is 4.17. The van der Waals surface area contributed by atoms with E-state index in [0.717, 1.165) is 25.0 Å². The zero-order valence-corrected chi connectivity index (χ0v) is 13.9. The zero-order chi connectivity index (χ0) is 16.8. The summed E-state index contributed by atoms with van der Waals surface area (Å²) in [4.78, 5) is 20.6. The number of rotatable bonds is 6. The molecule has 1 aromatic heterocycles. The molecule has 1 aliphatic heterocycles. The van der Waals surface area contributed by atoms with Crippen molar-refractivity contribution in [3.63, 3.8) is 0 Å². The molecular weight excluding hydrogens is 328 g/mol. The summed E-state index contributed by atoms with van der Waals surface area (Å²) in [6, 6.07) is 8.98. The van der Waals surface area contributed by atoms with Gasteiger partial charge in [0, 0.05) is 30.9 Å². The fraction of sp³-hybridized carbons (Fsp3) is 0.353. The van der Waals surface area contributed by atoms with Crippen molar-refractivity contribution in [2.75, 3.05) is 18.5 Å². The molecule has 6 nitrogen and oxygen atoms in total. The number of amides is 1. The normalized spacial score (nSPS) is 16.8. The van der Waals surface area contributed by atoms with Crippen LogP contribution in [0.2, 0.25) is 5.02 Å². The Morgan fingerprint density at radius 3 is 3.00 bits per heavy atom. The summed E-state index contributed by atoms with van der Waals surface area (Å²) in [6.45, 7) is 1.80. The third-order valence-electron chi connectivity index (χ3n) is 3.80. The Kier molecular flexibility index (Phi) is 5.61. The molecule has 1 saturated heterocycles. The van der Waals surface area contributed by atoms with Crippen molar-refractivity contribution in [2.24, 2.45) is 0 Å². The molecule has 0 spiro atoms. The van der Waals surface area contributed by atoms with Crippen LogP contribution in [0.1, 0.15) is 28.9 Å². The first-order valence-electron chi connectivity index (χ1n) is 7.92. The molecule has 2 heterocycles. The molecule has 0 saturated carbocycles. The van der Waals surface area contributed by atoms with E-state index in [1.807, 2.05) is 18.2 Å². The number of benzene rings is 1. The minimum atomic E-state index is -0.266. The lowest BCUT2D eigenvalue weighted by Gasteiger charge is -2.11. The van der Waals surface area contributed by atoms with Crippen molar-refractivity contribution in [1.82, 2.24) is 15.3 Å². The van der Waals surface area contributed by atoms with Crippen molar-refractivity contribution in [2.45, 2.75) is 25.5 Å². The van der Waals surface area contributed by atoms with E-state index >= 15 is 0 Å². The van der Waals surface area contributed by atoms with E-state index in [4.69, 9.17) is 16.3 Å². The molecule has 0 aliphatic carbocycles. The van der Waals surface area contributed by atoms with Gasteiger partial charge >= 0.3 is 0 Å². The molecule has 0 bridgehead atoms. The highest BCUT2D eigenvalue weighted by Gasteiger charge is 2.16.